The summed E-state index contributed by atoms with van der Waals surface area (Å²) in [5.74, 6) is -0.00655. The summed E-state index contributed by atoms with van der Waals surface area (Å²) in [5, 5.41) is 3.63. The smallest absolute Gasteiger partial charge is 0.259 e. The van der Waals surface area contributed by atoms with Gasteiger partial charge in [-0.1, -0.05) is 72.8 Å². The van der Waals surface area contributed by atoms with Crippen LogP contribution in [-0.2, 0) is 4.79 Å². The number of nitrogens with one attached hydrogen (secondary N) is 1. The minimum absolute atomic E-state index is 0.0551. The topological polar surface area (TPSA) is 52.7 Å². The summed E-state index contributed by atoms with van der Waals surface area (Å²) in [5.41, 5.74) is 7.01. The van der Waals surface area contributed by atoms with Gasteiger partial charge in [0, 0.05) is 42.0 Å². The Labute approximate surface area is 242 Å². The van der Waals surface area contributed by atoms with Crippen molar-refractivity contribution in [3.8, 4) is 0 Å². The third kappa shape index (κ3) is 5.04. The second-order valence-corrected chi connectivity index (χ2v) is 10.7. The van der Waals surface area contributed by atoms with Gasteiger partial charge < -0.3 is 10.2 Å². The van der Waals surface area contributed by atoms with Crippen molar-refractivity contribution in [1.82, 2.24) is 0 Å². The van der Waals surface area contributed by atoms with Crippen molar-refractivity contribution in [2.24, 2.45) is 0 Å². The number of para-hydroxylation sites is 2. The molecule has 0 radical (unpaired) electrons. The molecular weight excluding hydrogens is 506 g/mol. The maximum absolute atomic E-state index is 14.3. The van der Waals surface area contributed by atoms with Crippen molar-refractivity contribution in [3.05, 3.63) is 137 Å². The Kier molecular flexibility index (Phi) is 7.43. The van der Waals surface area contributed by atoms with E-state index < -0.39 is 6.04 Å². The van der Waals surface area contributed by atoms with Crippen molar-refractivity contribution in [2.45, 2.75) is 38.6 Å². The highest BCUT2D eigenvalue weighted by atomic mass is 16.2. The number of rotatable bonds is 6. The molecule has 0 aromatic heterocycles. The third-order valence-electron chi connectivity index (χ3n) is 8.34. The average molecular weight is 542 g/mol. The SMILES string of the molecule is CCN(CC)c1ccc([C@H]2CC(=O)C3=C(C2)Nc2ccccc2N(C(=O)c2ccccc2)[C@H]3c2ccccc2)cc1. The summed E-state index contributed by atoms with van der Waals surface area (Å²) in [4.78, 5) is 32.6. The van der Waals surface area contributed by atoms with Crippen molar-refractivity contribution >= 4 is 28.8 Å². The molecule has 0 saturated carbocycles. The van der Waals surface area contributed by atoms with E-state index in [4.69, 9.17) is 0 Å². The first-order valence-corrected chi connectivity index (χ1v) is 14.5. The van der Waals surface area contributed by atoms with E-state index in [1.165, 1.54) is 5.69 Å². The van der Waals surface area contributed by atoms with E-state index in [1.54, 1.807) is 0 Å². The molecule has 4 aromatic carbocycles. The Morgan fingerprint density at radius 3 is 2.10 bits per heavy atom. The van der Waals surface area contributed by atoms with Gasteiger partial charge in [-0.15, -0.1) is 0 Å². The predicted octanol–water partition coefficient (Wildman–Crippen LogP) is 7.75. The highest BCUT2D eigenvalue weighted by Gasteiger charge is 2.41. The number of amides is 1. The monoisotopic (exact) mass is 541 g/mol. The number of carbonyl (C=O) groups is 2. The molecule has 6 rings (SSSR count). The number of nitrogens with zero attached hydrogens (tertiary/aromatic N) is 2. The molecular formula is C36H35N3O2. The van der Waals surface area contributed by atoms with Crippen LogP contribution in [0.3, 0.4) is 0 Å². The quantitative estimate of drug-likeness (QED) is 0.271. The lowest BCUT2D eigenvalue weighted by Gasteiger charge is -2.35. The lowest BCUT2D eigenvalue weighted by molar-refractivity contribution is -0.116. The fourth-order valence-electron chi connectivity index (χ4n) is 6.27. The Morgan fingerprint density at radius 2 is 1.41 bits per heavy atom. The van der Waals surface area contributed by atoms with Crippen LogP contribution in [0, 0.1) is 0 Å². The van der Waals surface area contributed by atoms with Crippen LogP contribution in [0.2, 0.25) is 0 Å². The lowest BCUT2D eigenvalue weighted by Crippen LogP contribution is -2.38. The number of ketones is 1. The number of hydrogen-bond donors (Lipinski definition) is 1. The molecule has 0 saturated heterocycles. The van der Waals surface area contributed by atoms with E-state index >= 15 is 0 Å². The van der Waals surface area contributed by atoms with Gasteiger partial charge in [0.15, 0.2) is 5.78 Å². The van der Waals surface area contributed by atoms with Crippen LogP contribution in [0.25, 0.3) is 0 Å². The summed E-state index contributed by atoms with van der Waals surface area (Å²) >= 11 is 0. The highest BCUT2D eigenvalue weighted by Crippen LogP contribution is 2.47. The first-order chi connectivity index (χ1) is 20.1. The van der Waals surface area contributed by atoms with Crippen LogP contribution in [0.1, 0.15) is 60.1 Å². The summed E-state index contributed by atoms with van der Waals surface area (Å²) in [6.45, 7) is 6.23. The molecule has 41 heavy (non-hydrogen) atoms. The van der Waals surface area contributed by atoms with Crippen molar-refractivity contribution < 1.29 is 9.59 Å². The Hall–Kier alpha value is -4.64. The molecule has 0 fully saturated rings. The highest BCUT2D eigenvalue weighted by molar-refractivity contribution is 6.12. The molecule has 4 aromatic rings. The molecule has 206 valence electrons. The van der Waals surface area contributed by atoms with Gasteiger partial charge in [0.2, 0.25) is 0 Å². The largest absolute Gasteiger partial charge is 0.372 e. The number of Topliss-reactive ketones (excluding diaryl/α,β-unsaturated/α-hetero) is 1. The van der Waals surface area contributed by atoms with Crippen molar-refractivity contribution in [1.29, 1.82) is 0 Å². The zero-order valence-electron chi connectivity index (χ0n) is 23.6. The summed E-state index contributed by atoms with van der Waals surface area (Å²) in [6.07, 6.45) is 1.09. The zero-order valence-corrected chi connectivity index (χ0v) is 23.6. The maximum Gasteiger partial charge on any atom is 0.259 e. The summed E-state index contributed by atoms with van der Waals surface area (Å²) in [6, 6.07) is 35.2. The number of anilines is 3. The lowest BCUT2D eigenvalue weighted by atomic mass is 9.78. The van der Waals surface area contributed by atoms with E-state index in [2.05, 4.69) is 48.3 Å². The second kappa shape index (κ2) is 11.5. The van der Waals surface area contributed by atoms with Gasteiger partial charge in [-0.25, -0.2) is 0 Å². The summed E-state index contributed by atoms with van der Waals surface area (Å²) < 4.78 is 0. The van der Waals surface area contributed by atoms with Gasteiger partial charge >= 0.3 is 0 Å². The van der Waals surface area contributed by atoms with Gasteiger partial charge in [-0.05, 0) is 73.7 Å². The van der Waals surface area contributed by atoms with Gasteiger partial charge in [-0.3, -0.25) is 14.5 Å². The van der Waals surface area contributed by atoms with Gasteiger partial charge in [-0.2, -0.15) is 0 Å². The van der Waals surface area contributed by atoms with Crippen molar-refractivity contribution in [3.63, 3.8) is 0 Å². The fourth-order valence-corrected chi connectivity index (χ4v) is 6.27. The molecule has 0 spiro atoms. The molecule has 2 aliphatic rings. The zero-order chi connectivity index (χ0) is 28.3. The molecule has 2 atom stereocenters. The van der Waals surface area contributed by atoms with Crippen LogP contribution in [0.15, 0.2) is 120 Å². The molecule has 0 bridgehead atoms. The van der Waals surface area contributed by atoms with E-state index in [9.17, 15) is 9.59 Å². The number of carbonyl (C=O) groups excluding carboxylic acids is 2. The minimum Gasteiger partial charge on any atom is -0.372 e. The van der Waals surface area contributed by atoms with Crippen LogP contribution >= 0.6 is 0 Å². The predicted molar refractivity (Wildman–Crippen MR) is 167 cm³/mol. The van der Waals surface area contributed by atoms with E-state index in [0.29, 0.717) is 24.0 Å². The van der Waals surface area contributed by atoms with Crippen LogP contribution in [0.4, 0.5) is 17.1 Å². The first kappa shape index (κ1) is 26.6. The van der Waals surface area contributed by atoms with Crippen LogP contribution in [0.5, 0.6) is 0 Å². The maximum atomic E-state index is 14.3. The molecule has 5 nitrogen and oxygen atoms in total. The summed E-state index contributed by atoms with van der Waals surface area (Å²) in [7, 11) is 0. The molecule has 1 aliphatic heterocycles. The number of fused-ring (bicyclic) bond motifs is 1. The van der Waals surface area contributed by atoms with E-state index in [0.717, 1.165) is 41.3 Å². The Morgan fingerprint density at radius 1 is 0.780 bits per heavy atom. The average Bonchev–Trinajstić information content (AvgIpc) is 3.17. The first-order valence-electron chi connectivity index (χ1n) is 14.5. The Bertz CT molecular complexity index is 1570. The van der Waals surface area contributed by atoms with Gasteiger partial charge in [0.1, 0.15) is 0 Å². The number of hydrogen-bond acceptors (Lipinski definition) is 4. The standard InChI is InChI=1S/C36H35N3O2/c1-3-38(4-2)29-21-19-25(20-22-29)28-23-31-34(33(40)24-28)35(26-13-7-5-8-14-26)39(32-18-12-11-17-30(32)37-31)36(41)27-15-9-6-10-16-27/h5-22,28,35,37H,3-4,23-24H2,1-2H3/t28-,35+/m1/s1. The molecule has 1 aliphatic carbocycles. The van der Waals surface area contributed by atoms with Gasteiger partial charge in [0.05, 0.1) is 17.4 Å². The van der Waals surface area contributed by atoms with E-state index in [-0.39, 0.29) is 17.6 Å². The van der Waals surface area contributed by atoms with Gasteiger partial charge in [0.25, 0.3) is 5.91 Å². The molecule has 5 heteroatoms. The van der Waals surface area contributed by atoms with Crippen LogP contribution in [-0.4, -0.2) is 24.8 Å². The number of benzene rings is 4. The molecule has 0 unspecified atom stereocenters. The third-order valence-corrected chi connectivity index (χ3v) is 8.34. The number of allylic oxidation sites excluding steroid dienone is 1. The normalized spacial score (nSPS) is 18.2. The molecule has 1 amide bonds. The van der Waals surface area contributed by atoms with E-state index in [1.807, 2.05) is 89.8 Å². The minimum atomic E-state index is -0.548. The molecule has 1 N–H and O–H groups in total. The second-order valence-electron chi connectivity index (χ2n) is 10.7. The van der Waals surface area contributed by atoms with Crippen molar-refractivity contribution in [2.75, 3.05) is 28.2 Å². The molecule has 1 heterocycles. The Balaban J connectivity index is 1.47. The fraction of sp³-hybridized carbons (Fsp3) is 0.222. The van der Waals surface area contributed by atoms with Crippen LogP contribution < -0.4 is 15.1 Å².